The van der Waals surface area contributed by atoms with E-state index in [0.29, 0.717) is 6.42 Å². The minimum atomic E-state index is -0.142. The molecule has 0 aromatic heterocycles. The first-order valence-electron chi connectivity index (χ1n) is 8.46. The summed E-state index contributed by atoms with van der Waals surface area (Å²) in [6, 6.07) is 0. The van der Waals surface area contributed by atoms with Crippen LogP contribution in [0.3, 0.4) is 0 Å². The fourth-order valence-electron chi connectivity index (χ4n) is 2.19. The van der Waals surface area contributed by atoms with Gasteiger partial charge in [-0.15, -0.1) is 24.0 Å². The van der Waals surface area contributed by atoms with Crippen LogP contribution in [0.25, 0.3) is 0 Å². The number of nitrogens with one attached hydrogen (secondary N) is 2. The predicted octanol–water partition coefficient (Wildman–Crippen LogP) is 3.72. The van der Waals surface area contributed by atoms with Crippen molar-refractivity contribution >= 4 is 35.9 Å². The number of halogens is 1. The summed E-state index contributed by atoms with van der Waals surface area (Å²) in [4.78, 5) is 15.2. The number of carbonyl (C=O) groups excluding carboxylic acids is 1. The molecule has 6 heteroatoms. The topological polar surface area (TPSA) is 62.7 Å². The number of aliphatic imine (C=N–C) groups is 1. The number of nitrogens with zero attached hydrogens (tertiary/aromatic N) is 1. The molecule has 138 valence electrons. The Bertz CT molecular complexity index is 334. The van der Waals surface area contributed by atoms with Gasteiger partial charge in [-0.3, -0.25) is 9.79 Å². The molecular weight excluding hydrogens is 405 g/mol. The molecule has 0 spiro atoms. The van der Waals surface area contributed by atoms with Crippen molar-refractivity contribution in [3.63, 3.8) is 0 Å². The van der Waals surface area contributed by atoms with Gasteiger partial charge in [0.25, 0.3) is 0 Å². The lowest BCUT2D eigenvalue weighted by atomic mass is 9.87. The van der Waals surface area contributed by atoms with Gasteiger partial charge >= 0.3 is 5.97 Å². The lowest BCUT2D eigenvalue weighted by Crippen LogP contribution is -2.42. The first-order valence-corrected chi connectivity index (χ1v) is 8.46. The van der Waals surface area contributed by atoms with E-state index in [-0.39, 0.29) is 35.4 Å². The summed E-state index contributed by atoms with van der Waals surface area (Å²) < 4.78 is 4.62. The van der Waals surface area contributed by atoms with Crippen LogP contribution in [0.4, 0.5) is 0 Å². The highest BCUT2D eigenvalue weighted by Gasteiger charge is 2.17. The second kappa shape index (κ2) is 15.0. The summed E-state index contributed by atoms with van der Waals surface area (Å²) in [6.45, 7) is 8.54. The molecule has 0 unspecified atom stereocenters. The zero-order valence-electron chi connectivity index (χ0n) is 15.5. The van der Waals surface area contributed by atoms with E-state index in [1.807, 2.05) is 0 Å². The van der Waals surface area contributed by atoms with Crippen molar-refractivity contribution < 1.29 is 9.53 Å². The van der Waals surface area contributed by atoms with E-state index < -0.39 is 0 Å². The van der Waals surface area contributed by atoms with Crippen molar-refractivity contribution in [1.82, 2.24) is 10.6 Å². The third-order valence-electron chi connectivity index (χ3n) is 3.74. The molecule has 0 aromatic rings. The maximum atomic E-state index is 11.0. The monoisotopic (exact) mass is 441 g/mol. The molecular formula is C17H36IN3O2. The average molecular weight is 441 g/mol. The molecule has 23 heavy (non-hydrogen) atoms. The Morgan fingerprint density at radius 2 is 1.83 bits per heavy atom. The first-order chi connectivity index (χ1) is 10.4. The van der Waals surface area contributed by atoms with E-state index in [1.54, 1.807) is 7.05 Å². The van der Waals surface area contributed by atoms with Crippen molar-refractivity contribution in [3.05, 3.63) is 0 Å². The van der Waals surface area contributed by atoms with Crippen molar-refractivity contribution in [2.75, 3.05) is 27.2 Å². The van der Waals surface area contributed by atoms with E-state index in [0.717, 1.165) is 31.9 Å². The summed E-state index contributed by atoms with van der Waals surface area (Å²) in [6.07, 6.45) is 7.31. The standard InChI is InChI=1S/C17H35N3O2.HI/c1-6-7-9-12-17(2,3)14-20-16(18-4)19-13-10-8-11-15(21)22-5;/h6-14H2,1-5H3,(H2,18,19,20);1H. The smallest absolute Gasteiger partial charge is 0.305 e. The van der Waals surface area contributed by atoms with Crippen LogP contribution < -0.4 is 10.6 Å². The van der Waals surface area contributed by atoms with Crippen LogP contribution in [-0.4, -0.2) is 39.2 Å². The largest absolute Gasteiger partial charge is 0.469 e. The normalized spacial score (nSPS) is 11.6. The average Bonchev–Trinajstić information content (AvgIpc) is 2.49. The summed E-state index contributed by atoms with van der Waals surface area (Å²) >= 11 is 0. The van der Waals surface area contributed by atoms with Gasteiger partial charge in [0.1, 0.15) is 0 Å². The predicted molar refractivity (Wildman–Crippen MR) is 109 cm³/mol. The second-order valence-electron chi connectivity index (χ2n) is 6.51. The number of unbranched alkanes of at least 4 members (excludes halogenated alkanes) is 3. The molecule has 0 rings (SSSR count). The fraction of sp³-hybridized carbons (Fsp3) is 0.882. The Morgan fingerprint density at radius 1 is 1.13 bits per heavy atom. The van der Waals surface area contributed by atoms with Gasteiger partial charge in [-0.1, -0.05) is 40.0 Å². The Hall–Kier alpha value is -0.530. The van der Waals surface area contributed by atoms with Crippen LogP contribution in [0.15, 0.2) is 4.99 Å². The maximum Gasteiger partial charge on any atom is 0.305 e. The minimum absolute atomic E-state index is 0. The molecule has 0 amide bonds. The maximum absolute atomic E-state index is 11.0. The molecule has 2 N–H and O–H groups in total. The molecule has 0 fully saturated rings. The minimum Gasteiger partial charge on any atom is -0.469 e. The van der Waals surface area contributed by atoms with Gasteiger partial charge in [-0.25, -0.2) is 0 Å². The molecule has 0 aliphatic heterocycles. The van der Waals surface area contributed by atoms with Crippen LogP contribution in [0.1, 0.15) is 65.7 Å². The Morgan fingerprint density at radius 3 is 2.39 bits per heavy atom. The summed E-state index contributed by atoms with van der Waals surface area (Å²) in [5.41, 5.74) is 0.275. The summed E-state index contributed by atoms with van der Waals surface area (Å²) in [5.74, 6) is 0.693. The third-order valence-corrected chi connectivity index (χ3v) is 3.74. The number of guanidine groups is 1. The molecule has 0 aliphatic carbocycles. The Kier molecular flexibility index (Phi) is 16.1. The molecule has 0 saturated heterocycles. The van der Waals surface area contributed by atoms with Crippen LogP contribution in [0.2, 0.25) is 0 Å². The SMILES string of the molecule is CCCCCC(C)(C)CNC(=NC)NCCCCC(=O)OC.I. The highest BCUT2D eigenvalue weighted by Crippen LogP contribution is 2.22. The number of esters is 1. The van der Waals surface area contributed by atoms with Crippen LogP contribution in [0.5, 0.6) is 0 Å². The number of rotatable bonds is 11. The third kappa shape index (κ3) is 14.8. The van der Waals surface area contributed by atoms with Crippen LogP contribution >= 0.6 is 24.0 Å². The van der Waals surface area contributed by atoms with Gasteiger partial charge in [-0.2, -0.15) is 0 Å². The molecule has 0 bridgehead atoms. The molecule has 0 heterocycles. The van der Waals surface area contributed by atoms with E-state index >= 15 is 0 Å². The van der Waals surface area contributed by atoms with Gasteiger partial charge in [0.15, 0.2) is 5.96 Å². The van der Waals surface area contributed by atoms with Gasteiger partial charge in [0.2, 0.25) is 0 Å². The summed E-state index contributed by atoms with van der Waals surface area (Å²) in [5, 5.41) is 6.68. The summed E-state index contributed by atoms with van der Waals surface area (Å²) in [7, 11) is 3.21. The molecule has 0 aliphatic rings. The molecule has 0 saturated carbocycles. The van der Waals surface area contributed by atoms with Gasteiger partial charge in [0, 0.05) is 26.6 Å². The molecule has 0 radical (unpaired) electrons. The lowest BCUT2D eigenvalue weighted by molar-refractivity contribution is -0.140. The molecule has 0 atom stereocenters. The Balaban J connectivity index is 0. The van der Waals surface area contributed by atoms with Gasteiger partial charge < -0.3 is 15.4 Å². The zero-order chi connectivity index (χ0) is 16.8. The lowest BCUT2D eigenvalue weighted by Gasteiger charge is -2.26. The molecule has 0 aromatic carbocycles. The van der Waals surface area contributed by atoms with Crippen molar-refractivity contribution in [1.29, 1.82) is 0 Å². The Labute approximate surface area is 159 Å². The van der Waals surface area contributed by atoms with Crippen molar-refractivity contribution in [2.45, 2.75) is 65.7 Å². The first kappa shape index (κ1) is 24.7. The van der Waals surface area contributed by atoms with E-state index in [4.69, 9.17) is 0 Å². The van der Waals surface area contributed by atoms with E-state index in [1.165, 1.54) is 32.8 Å². The second-order valence-corrected chi connectivity index (χ2v) is 6.51. The van der Waals surface area contributed by atoms with Crippen molar-refractivity contribution in [3.8, 4) is 0 Å². The van der Waals surface area contributed by atoms with E-state index in [2.05, 4.69) is 41.1 Å². The fourth-order valence-corrected chi connectivity index (χ4v) is 2.19. The zero-order valence-corrected chi connectivity index (χ0v) is 17.9. The van der Waals surface area contributed by atoms with Gasteiger partial charge in [-0.05, 0) is 24.7 Å². The highest BCUT2D eigenvalue weighted by molar-refractivity contribution is 14.0. The number of hydrogen-bond acceptors (Lipinski definition) is 3. The highest BCUT2D eigenvalue weighted by atomic mass is 127. The van der Waals surface area contributed by atoms with Crippen molar-refractivity contribution in [2.24, 2.45) is 10.4 Å². The number of ether oxygens (including phenoxy) is 1. The van der Waals surface area contributed by atoms with Crippen LogP contribution in [-0.2, 0) is 9.53 Å². The number of carbonyl (C=O) groups is 1. The van der Waals surface area contributed by atoms with Crippen LogP contribution in [0, 0.1) is 5.41 Å². The number of hydrogen-bond donors (Lipinski definition) is 2. The number of methoxy groups -OCH3 is 1. The quantitative estimate of drug-likeness (QED) is 0.169. The molecule has 5 nitrogen and oxygen atoms in total. The van der Waals surface area contributed by atoms with E-state index in [9.17, 15) is 4.79 Å². The van der Waals surface area contributed by atoms with Gasteiger partial charge in [0.05, 0.1) is 7.11 Å².